The van der Waals surface area contributed by atoms with Crippen LogP contribution >= 0.6 is 0 Å². The van der Waals surface area contributed by atoms with Gasteiger partial charge in [0.1, 0.15) is 0 Å². The van der Waals surface area contributed by atoms with Gasteiger partial charge in [0, 0.05) is 11.6 Å². The van der Waals surface area contributed by atoms with E-state index >= 15 is 0 Å². The topological polar surface area (TPSA) is 24.9 Å². The SMILES string of the molecule is CCCC(C)CC(NCC)c1nccc2ccccc12. The number of aromatic nitrogens is 1. The first-order valence-electron chi connectivity index (χ1n) is 7.83. The molecule has 2 atom stereocenters. The van der Waals surface area contributed by atoms with Gasteiger partial charge in [0.25, 0.3) is 0 Å². The first-order valence-corrected chi connectivity index (χ1v) is 7.83. The number of benzene rings is 1. The number of nitrogens with one attached hydrogen (secondary N) is 1. The minimum absolute atomic E-state index is 0.354. The van der Waals surface area contributed by atoms with Crippen LogP contribution in [-0.2, 0) is 0 Å². The molecule has 1 aromatic heterocycles. The average molecular weight is 270 g/mol. The Balaban J connectivity index is 2.31. The van der Waals surface area contributed by atoms with Crippen LogP contribution in [0.25, 0.3) is 10.8 Å². The zero-order valence-electron chi connectivity index (χ0n) is 12.9. The number of pyridine rings is 1. The van der Waals surface area contributed by atoms with Crippen LogP contribution in [0.2, 0.25) is 0 Å². The van der Waals surface area contributed by atoms with E-state index in [0.29, 0.717) is 6.04 Å². The van der Waals surface area contributed by atoms with Crippen molar-refractivity contribution in [3.05, 3.63) is 42.2 Å². The van der Waals surface area contributed by atoms with Gasteiger partial charge in [0.2, 0.25) is 0 Å². The Morgan fingerprint density at radius 3 is 2.70 bits per heavy atom. The van der Waals surface area contributed by atoms with E-state index < -0.39 is 0 Å². The molecule has 0 spiro atoms. The summed E-state index contributed by atoms with van der Waals surface area (Å²) >= 11 is 0. The van der Waals surface area contributed by atoms with Crippen molar-refractivity contribution in [3.8, 4) is 0 Å². The molecule has 2 unspecified atom stereocenters. The van der Waals surface area contributed by atoms with Crippen molar-refractivity contribution in [2.24, 2.45) is 5.92 Å². The van der Waals surface area contributed by atoms with Crippen molar-refractivity contribution in [2.75, 3.05) is 6.54 Å². The molecule has 0 bridgehead atoms. The summed E-state index contributed by atoms with van der Waals surface area (Å²) in [4.78, 5) is 4.68. The Labute approximate surface area is 122 Å². The molecule has 0 fully saturated rings. The van der Waals surface area contributed by atoms with E-state index in [1.54, 1.807) is 0 Å². The minimum atomic E-state index is 0.354. The number of fused-ring (bicyclic) bond motifs is 1. The monoisotopic (exact) mass is 270 g/mol. The molecule has 1 heterocycles. The Kier molecular flexibility index (Phi) is 5.54. The lowest BCUT2D eigenvalue weighted by molar-refractivity contribution is 0.392. The zero-order chi connectivity index (χ0) is 14.4. The molecule has 2 rings (SSSR count). The van der Waals surface area contributed by atoms with Crippen molar-refractivity contribution in [3.63, 3.8) is 0 Å². The van der Waals surface area contributed by atoms with Crippen molar-refractivity contribution in [2.45, 2.75) is 46.1 Å². The summed E-state index contributed by atoms with van der Waals surface area (Å²) in [5.41, 5.74) is 1.20. The fourth-order valence-electron chi connectivity index (χ4n) is 2.97. The van der Waals surface area contributed by atoms with Crippen LogP contribution in [-0.4, -0.2) is 11.5 Å². The molecule has 0 aliphatic rings. The van der Waals surface area contributed by atoms with E-state index in [1.807, 2.05) is 6.20 Å². The van der Waals surface area contributed by atoms with Gasteiger partial charge in [-0.25, -0.2) is 0 Å². The van der Waals surface area contributed by atoms with Crippen LogP contribution in [0.4, 0.5) is 0 Å². The van der Waals surface area contributed by atoms with E-state index in [4.69, 9.17) is 0 Å². The predicted octanol–water partition coefficient (Wildman–Crippen LogP) is 4.71. The third-order valence-electron chi connectivity index (χ3n) is 3.90. The lowest BCUT2D eigenvalue weighted by atomic mass is 9.93. The van der Waals surface area contributed by atoms with Gasteiger partial charge in [-0.1, -0.05) is 57.9 Å². The number of nitrogens with zero attached hydrogens (tertiary/aromatic N) is 1. The summed E-state index contributed by atoms with van der Waals surface area (Å²) in [6.07, 6.45) is 5.63. The zero-order valence-corrected chi connectivity index (χ0v) is 12.9. The maximum absolute atomic E-state index is 4.68. The summed E-state index contributed by atoms with van der Waals surface area (Å²) < 4.78 is 0. The summed E-state index contributed by atoms with van der Waals surface area (Å²) in [7, 11) is 0. The second-order valence-electron chi connectivity index (χ2n) is 5.66. The molecule has 0 aliphatic heterocycles. The largest absolute Gasteiger partial charge is 0.309 e. The third kappa shape index (κ3) is 3.57. The van der Waals surface area contributed by atoms with Gasteiger partial charge in [0.05, 0.1) is 11.7 Å². The minimum Gasteiger partial charge on any atom is -0.309 e. The summed E-state index contributed by atoms with van der Waals surface area (Å²) in [6, 6.07) is 11.0. The first kappa shape index (κ1) is 15.0. The van der Waals surface area contributed by atoms with Gasteiger partial charge >= 0.3 is 0 Å². The molecule has 108 valence electrons. The van der Waals surface area contributed by atoms with Gasteiger partial charge in [-0.3, -0.25) is 4.98 Å². The lowest BCUT2D eigenvalue weighted by Gasteiger charge is -2.22. The van der Waals surface area contributed by atoms with Crippen LogP contribution in [0.5, 0.6) is 0 Å². The number of hydrogen-bond acceptors (Lipinski definition) is 2. The normalized spacial score (nSPS) is 14.3. The van der Waals surface area contributed by atoms with Crippen molar-refractivity contribution in [1.82, 2.24) is 10.3 Å². The van der Waals surface area contributed by atoms with Gasteiger partial charge in [-0.2, -0.15) is 0 Å². The molecule has 1 N–H and O–H groups in total. The van der Waals surface area contributed by atoms with Gasteiger partial charge in [-0.05, 0) is 30.3 Å². The van der Waals surface area contributed by atoms with Gasteiger partial charge in [-0.15, -0.1) is 0 Å². The highest BCUT2D eigenvalue weighted by Crippen LogP contribution is 2.27. The van der Waals surface area contributed by atoms with Crippen LogP contribution < -0.4 is 5.32 Å². The first-order chi connectivity index (χ1) is 9.76. The van der Waals surface area contributed by atoms with Crippen molar-refractivity contribution in [1.29, 1.82) is 0 Å². The van der Waals surface area contributed by atoms with Gasteiger partial charge in [0.15, 0.2) is 0 Å². The molecular weight excluding hydrogens is 244 g/mol. The van der Waals surface area contributed by atoms with Crippen LogP contribution in [0, 0.1) is 5.92 Å². The van der Waals surface area contributed by atoms with Crippen molar-refractivity contribution >= 4 is 10.8 Å². The molecule has 0 aliphatic carbocycles. The van der Waals surface area contributed by atoms with E-state index in [2.05, 4.69) is 61.4 Å². The lowest BCUT2D eigenvalue weighted by Crippen LogP contribution is -2.24. The molecule has 0 saturated heterocycles. The number of hydrogen-bond donors (Lipinski definition) is 1. The molecule has 1 aromatic carbocycles. The van der Waals surface area contributed by atoms with E-state index in [-0.39, 0.29) is 0 Å². The van der Waals surface area contributed by atoms with Crippen molar-refractivity contribution < 1.29 is 0 Å². The van der Waals surface area contributed by atoms with E-state index in [9.17, 15) is 0 Å². The molecule has 2 nitrogen and oxygen atoms in total. The fraction of sp³-hybridized carbons (Fsp3) is 0.500. The summed E-state index contributed by atoms with van der Waals surface area (Å²) in [5.74, 6) is 0.727. The Morgan fingerprint density at radius 2 is 1.95 bits per heavy atom. The number of rotatable bonds is 7. The maximum atomic E-state index is 4.68. The molecule has 0 saturated carbocycles. The van der Waals surface area contributed by atoms with Crippen LogP contribution in [0.1, 0.15) is 51.8 Å². The summed E-state index contributed by atoms with van der Waals surface area (Å²) in [6.45, 7) is 7.75. The van der Waals surface area contributed by atoms with E-state index in [1.165, 1.54) is 29.3 Å². The molecule has 2 heteroatoms. The highest BCUT2D eigenvalue weighted by atomic mass is 14.9. The highest BCUT2D eigenvalue weighted by molar-refractivity contribution is 5.84. The van der Waals surface area contributed by atoms with Crippen LogP contribution in [0.3, 0.4) is 0 Å². The fourth-order valence-corrected chi connectivity index (χ4v) is 2.97. The maximum Gasteiger partial charge on any atom is 0.0651 e. The molecule has 0 radical (unpaired) electrons. The smallest absolute Gasteiger partial charge is 0.0651 e. The van der Waals surface area contributed by atoms with E-state index in [0.717, 1.165) is 18.9 Å². The Morgan fingerprint density at radius 1 is 1.15 bits per heavy atom. The Hall–Kier alpha value is -1.41. The molecular formula is C18H26N2. The average Bonchev–Trinajstić information content (AvgIpc) is 2.46. The molecule has 0 amide bonds. The standard InChI is InChI=1S/C18H26N2/c1-4-8-14(3)13-17(19-5-2)18-16-10-7-6-9-15(16)11-12-20-18/h6-7,9-12,14,17,19H,4-5,8,13H2,1-3H3. The highest BCUT2D eigenvalue weighted by Gasteiger charge is 2.17. The second kappa shape index (κ2) is 7.39. The van der Waals surface area contributed by atoms with Crippen LogP contribution in [0.15, 0.2) is 36.5 Å². The predicted molar refractivity (Wildman–Crippen MR) is 86.8 cm³/mol. The van der Waals surface area contributed by atoms with Gasteiger partial charge < -0.3 is 5.32 Å². The molecule has 20 heavy (non-hydrogen) atoms. The quantitative estimate of drug-likeness (QED) is 0.788. The second-order valence-corrected chi connectivity index (χ2v) is 5.66. The summed E-state index contributed by atoms with van der Waals surface area (Å²) in [5, 5.41) is 6.18. The Bertz CT molecular complexity index is 530. The molecule has 2 aromatic rings. The third-order valence-corrected chi connectivity index (χ3v) is 3.90.